The largest absolute Gasteiger partial charge is 0.357 e. The number of likely N-dealkylation sites (tertiary alicyclic amines) is 1. The minimum Gasteiger partial charge on any atom is -0.357 e. The van der Waals surface area contributed by atoms with Gasteiger partial charge in [-0.15, -0.1) is 11.3 Å². The molecule has 24 heavy (non-hydrogen) atoms. The van der Waals surface area contributed by atoms with Crippen molar-refractivity contribution in [2.75, 3.05) is 32.7 Å². The standard InChI is InChI=1S/C18H33N5S/c1-5-19-18(20-9-6-17-13-24-16(4)22-17)21-12-15(3)23-10-7-14(2)8-11-23/h13-15H,5-12H2,1-4H3,(H2,19,20,21). The smallest absolute Gasteiger partial charge is 0.191 e. The van der Waals surface area contributed by atoms with Crippen LogP contribution in [0.3, 0.4) is 0 Å². The highest BCUT2D eigenvalue weighted by atomic mass is 32.1. The number of rotatable bonds is 7. The fourth-order valence-corrected chi connectivity index (χ4v) is 3.63. The molecule has 1 aliphatic heterocycles. The molecular formula is C18H33N5S. The van der Waals surface area contributed by atoms with Gasteiger partial charge in [0.05, 0.1) is 17.2 Å². The topological polar surface area (TPSA) is 52.6 Å². The Balaban J connectivity index is 1.76. The summed E-state index contributed by atoms with van der Waals surface area (Å²) in [7, 11) is 0. The number of aliphatic imine (C=N–C) groups is 1. The number of thiazole rings is 1. The van der Waals surface area contributed by atoms with Crippen molar-refractivity contribution in [1.82, 2.24) is 20.5 Å². The normalized spacial score (nSPS) is 18.6. The summed E-state index contributed by atoms with van der Waals surface area (Å²) in [4.78, 5) is 11.9. The highest BCUT2D eigenvalue weighted by molar-refractivity contribution is 7.09. The molecule has 1 aromatic heterocycles. The van der Waals surface area contributed by atoms with Gasteiger partial charge in [-0.2, -0.15) is 0 Å². The van der Waals surface area contributed by atoms with Gasteiger partial charge in [-0.3, -0.25) is 9.89 Å². The van der Waals surface area contributed by atoms with E-state index < -0.39 is 0 Å². The molecule has 136 valence electrons. The number of guanidine groups is 1. The number of piperidine rings is 1. The molecule has 2 N–H and O–H groups in total. The van der Waals surface area contributed by atoms with Crippen molar-refractivity contribution in [3.63, 3.8) is 0 Å². The maximum Gasteiger partial charge on any atom is 0.191 e. The van der Waals surface area contributed by atoms with Crippen LogP contribution < -0.4 is 10.6 Å². The van der Waals surface area contributed by atoms with E-state index in [2.05, 4.69) is 53.6 Å². The molecule has 0 saturated carbocycles. The molecule has 2 heterocycles. The molecule has 5 nitrogen and oxygen atoms in total. The van der Waals surface area contributed by atoms with Crippen molar-refractivity contribution >= 4 is 17.3 Å². The first-order chi connectivity index (χ1) is 11.6. The van der Waals surface area contributed by atoms with Crippen molar-refractivity contribution in [2.45, 2.75) is 53.0 Å². The molecule has 1 aliphatic rings. The quantitative estimate of drug-likeness (QED) is 0.586. The number of nitrogens with zero attached hydrogens (tertiary/aromatic N) is 3. The average molecular weight is 352 g/mol. The number of aryl methyl sites for hydroxylation is 1. The van der Waals surface area contributed by atoms with E-state index in [0.29, 0.717) is 6.04 Å². The van der Waals surface area contributed by atoms with Gasteiger partial charge >= 0.3 is 0 Å². The van der Waals surface area contributed by atoms with Gasteiger partial charge in [0.25, 0.3) is 0 Å². The summed E-state index contributed by atoms with van der Waals surface area (Å²) < 4.78 is 0. The van der Waals surface area contributed by atoms with E-state index in [1.165, 1.54) is 25.9 Å². The van der Waals surface area contributed by atoms with Gasteiger partial charge in [0.15, 0.2) is 5.96 Å². The fourth-order valence-electron chi connectivity index (χ4n) is 2.98. The van der Waals surface area contributed by atoms with Crippen LogP contribution in [-0.2, 0) is 6.42 Å². The molecule has 1 aromatic rings. The zero-order valence-corrected chi connectivity index (χ0v) is 16.5. The van der Waals surface area contributed by atoms with E-state index in [4.69, 9.17) is 4.99 Å². The summed E-state index contributed by atoms with van der Waals surface area (Å²) >= 11 is 1.71. The lowest BCUT2D eigenvalue weighted by Crippen LogP contribution is -2.43. The molecule has 6 heteroatoms. The van der Waals surface area contributed by atoms with E-state index in [0.717, 1.165) is 48.6 Å². The van der Waals surface area contributed by atoms with Crippen molar-refractivity contribution in [3.8, 4) is 0 Å². The Kier molecular flexibility index (Phi) is 7.99. The van der Waals surface area contributed by atoms with Crippen LogP contribution >= 0.6 is 11.3 Å². The predicted molar refractivity (Wildman–Crippen MR) is 104 cm³/mol. The van der Waals surface area contributed by atoms with Crippen molar-refractivity contribution in [3.05, 3.63) is 16.1 Å². The zero-order chi connectivity index (χ0) is 17.4. The highest BCUT2D eigenvalue weighted by Gasteiger charge is 2.19. The molecule has 0 aliphatic carbocycles. The Hall–Kier alpha value is -1.14. The van der Waals surface area contributed by atoms with Gasteiger partial charge in [0.1, 0.15) is 0 Å². The van der Waals surface area contributed by atoms with E-state index >= 15 is 0 Å². The van der Waals surface area contributed by atoms with Crippen LogP contribution in [0.5, 0.6) is 0 Å². The Bertz CT molecular complexity index is 505. The molecular weight excluding hydrogens is 318 g/mol. The lowest BCUT2D eigenvalue weighted by atomic mass is 9.98. The number of hydrogen-bond acceptors (Lipinski definition) is 4. The average Bonchev–Trinajstić information content (AvgIpc) is 2.98. The number of nitrogens with one attached hydrogen (secondary N) is 2. The van der Waals surface area contributed by atoms with E-state index in [9.17, 15) is 0 Å². The summed E-state index contributed by atoms with van der Waals surface area (Å²) in [6.45, 7) is 13.8. The van der Waals surface area contributed by atoms with Crippen LogP contribution in [0.15, 0.2) is 10.4 Å². The molecule has 1 fully saturated rings. The lowest BCUT2D eigenvalue weighted by Gasteiger charge is -2.34. The third-order valence-electron chi connectivity index (χ3n) is 4.64. The second-order valence-electron chi connectivity index (χ2n) is 6.82. The first-order valence-electron chi connectivity index (χ1n) is 9.25. The lowest BCUT2D eigenvalue weighted by molar-refractivity contribution is 0.150. The van der Waals surface area contributed by atoms with E-state index in [1.807, 2.05) is 0 Å². The zero-order valence-electron chi connectivity index (χ0n) is 15.6. The van der Waals surface area contributed by atoms with Gasteiger partial charge in [-0.1, -0.05) is 6.92 Å². The van der Waals surface area contributed by atoms with E-state index in [1.54, 1.807) is 11.3 Å². The molecule has 2 rings (SSSR count). The maximum atomic E-state index is 4.78. The molecule has 0 bridgehead atoms. The Morgan fingerprint density at radius 3 is 2.79 bits per heavy atom. The molecule has 0 spiro atoms. The molecule has 1 unspecified atom stereocenters. The summed E-state index contributed by atoms with van der Waals surface area (Å²) in [5.74, 6) is 1.80. The molecule has 1 atom stereocenters. The molecule has 1 saturated heterocycles. The third-order valence-corrected chi connectivity index (χ3v) is 5.46. The van der Waals surface area contributed by atoms with Crippen molar-refractivity contribution < 1.29 is 0 Å². The minimum absolute atomic E-state index is 0.508. The van der Waals surface area contributed by atoms with Crippen molar-refractivity contribution in [2.24, 2.45) is 10.9 Å². The van der Waals surface area contributed by atoms with Crippen LogP contribution in [0.2, 0.25) is 0 Å². The second kappa shape index (κ2) is 9.99. The number of hydrogen-bond donors (Lipinski definition) is 2. The van der Waals surface area contributed by atoms with Gasteiger partial charge in [-0.25, -0.2) is 4.98 Å². The van der Waals surface area contributed by atoms with Gasteiger partial charge < -0.3 is 10.6 Å². The van der Waals surface area contributed by atoms with Gasteiger partial charge in [-0.05, 0) is 52.6 Å². The SMILES string of the molecule is CCNC(=NCC(C)N1CCC(C)CC1)NCCc1csc(C)n1. The first-order valence-corrected chi connectivity index (χ1v) is 10.1. The minimum atomic E-state index is 0.508. The van der Waals surface area contributed by atoms with Crippen LogP contribution in [-0.4, -0.2) is 54.6 Å². The highest BCUT2D eigenvalue weighted by Crippen LogP contribution is 2.17. The number of aromatic nitrogens is 1. The van der Waals surface area contributed by atoms with Crippen LogP contribution in [0.25, 0.3) is 0 Å². The molecule has 0 radical (unpaired) electrons. The van der Waals surface area contributed by atoms with Crippen LogP contribution in [0, 0.1) is 12.8 Å². The maximum absolute atomic E-state index is 4.78. The Morgan fingerprint density at radius 2 is 2.17 bits per heavy atom. The summed E-state index contributed by atoms with van der Waals surface area (Å²) in [6.07, 6.45) is 3.58. The van der Waals surface area contributed by atoms with Crippen LogP contribution in [0.4, 0.5) is 0 Å². The third kappa shape index (κ3) is 6.40. The van der Waals surface area contributed by atoms with E-state index in [-0.39, 0.29) is 0 Å². The van der Waals surface area contributed by atoms with Crippen molar-refractivity contribution in [1.29, 1.82) is 0 Å². The second-order valence-corrected chi connectivity index (χ2v) is 7.88. The molecule has 0 aromatic carbocycles. The summed E-state index contributed by atoms with van der Waals surface area (Å²) in [6, 6.07) is 0.508. The summed E-state index contributed by atoms with van der Waals surface area (Å²) in [5, 5.41) is 10.0. The van der Waals surface area contributed by atoms with Gasteiger partial charge in [0.2, 0.25) is 0 Å². The van der Waals surface area contributed by atoms with Crippen LogP contribution in [0.1, 0.15) is 44.3 Å². The first kappa shape index (κ1) is 19.2. The van der Waals surface area contributed by atoms with Gasteiger partial charge in [0, 0.05) is 30.9 Å². The fraction of sp³-hybridized carbons (Fsp3) is 0.778. The monoisotopic (exact) mass is 351 g/mol. The predicted octanol–water partition coefficient (Wildman–Crippen LogP) is 2.67. The molecule has 0 amide bonds. The Labute approximate surface area is 151 Å². The Morgan fingerprint density at radius 1 is 1.42 bits per heavy atom. The summed E-state index contributed by atoms with van der Waals surface area (Å²) in [5.41, 5.74) is 1.16.